The number of nitrogens with two attached hydrogens (primary N) is 1. The Morgan fingerprint density at radius 1 is 1.11 bits per heavy atom. The summed E-state index contributed by atoms with van der Waals surface area (Å²) in [6.45, 7) is 4.18. The predicted molar refractivity (Wildman–Crippen MR) is 77.7 cm³/mol. The smallest absolute Gasteiger partial charge is 0.0494 e. The summed E-state index contributed by atoms with van der Waals surface area (Å²) in [6, 6.07) is 12.6. The minimum atomic E-state index is 0.0945. The van der Waals surface area contributed by atoms with E-state index < -0.39 is 0 Å². The second-order valence-electron chi connectivity index (χ2n) is 4.44. The van der Waals surface area contributed by atoms with E-state index in [4.69, 9.17) is 5.73 Å². The third-order valence-electron chi connectivity index (χ3n) is 2.86. The van der Waals surface area contributed by atoms with Gasteiger partial charge < -0.3 is 5.73 Å². The molecule has 2 atom stereocenters. The normalized spacial score (nSPS) is 14.2. The topological polar surface area (TPSA) is 38.9 Å². The van der Waals surface area contributed by atoms with E-state index in [9.17, 15) is 0 Å². The van der Waals surface area contributed by atoms with Gasteiger partial charge in [-0.2, -0.15) is 0 Å². The molecule has 2 unspecified atom stereocenters. The lowest BCUT2D eigenvalue weighted by atomic mass is 10.1. The van der Waals surface area contributed by atoms with Gasteiger partial charge in [0, 0.05) is 28.6 Å². The van der Waals surface area contributed by atoms with Gasteiger partial charge in [0.15, 0.2) is 0 Å². The molecule has 3 heteroatoms. The summed E-state index contributed by atoms with van der Waals surface area (Å²) in [6.07, 6.45) is 3.65. The van der Waals surface area contributed by atoms with Gasteiger partial charge >= 0.3 is 0 Å². The lowest BCUT2D eigenvalue weighted by Crippen LogP contribution is -2.22. The van der Waals surface area contributed by atoms with Gasteiger partial charge in [0.05, 0.1) is 0 Å². The molecule has 0 fully saturated rings. The van der Waals surface area contributed by atoms with Crippen molar-refractivity contribution in [3.63, 3.8) is 0 Å². The average molecular weight is 258 g/mol. The molecule has 0 aliphatic carbocycles. The quantitative estimate of drug-likeness (QED) is 0.852. The molecule has 1 aromatic carbocycles. The lowest BCUT2D eigenvalue weighted by Gasteiger charge is -2.21. The maximum absolute atomic E-state index is 6.13. The van der Waals surface area contributed by atoms with E-state index in [-0.39, 0.29) is 11.3 Å². The van der Waals surface area contributed by atoms with Crippen molar-refractivity contribution < 1.29 is 0 Å². The number of aromatic nitrogens is 1. The fourth-order valence-electron chi connectivity index (χ4n) is 1.86. The van der Waals surface area contributed by atoms with Crippen molar-refractivity contribution >= 4 is 11.8 Å². The molecule has 18 heavy (non-hydrogen) atoms. The first kappa shape index (κ1) is 13.1. The van der Waals surface area contributed by atoms with Gasteiger partial charge in [0.25, 0.3) is 0 Å². The van der Waals surface area contributed by atoms with Crippen LogP contribution in [-0.4, -0.2) is 11.0 Å². The van der Waals surface area contributed by atoms with E-state index >= 15 is 0 Å². The molecule has 0 radical (unpaired) electrons. The van der Waals surface area contributed by atoms with Gasteiger partial charge in [-0.05, 0) is 43.2 Å². The third kappa shape index (κ3) is 3.12. The van der Waals surface area contributed by atoms with Crippen molar-refractivity contribution in [2.45, 2.75) is 30.0 Å². The Labute approximate surface area is 113 Å². The van der Waals surface area contributed by atoms with Gasteiger partial charge in [-0.25, -0.2) is 0 Å². The highest BCUT2D eigenvalue weighted by atomic mass is 32.2. The molecule has 0 saturated carbocycles. The minimum absolute atomic E-state index is 0.0945. The number of thioether (sulfide) groups is 1. The van der Waals surface area contributed by atoms with Crippen molar-refractivity contribution in [1.29, 1.82) is 0 Å². The van der Waals surface area contributed by atoms with Crippen LogP contribution in [0.5, 0.6) is 0 Å². The van der Waals surface area contributed by atoms with Crippen molar-refractivity contribution in [1.82, 2.24) is 4.98 Å². The number of benzene rings is 1. The molecule has 94 valence electrons. The predicted octanol–water partition coefficient (Wildman–Crippen LogP) is 3.57. The Kier molecular flexibility index (Phi) is 4.39. The lowest BCUT2D eigenvalue weighted by molar-refractivity contribution is 0.720. The molecule has 1 aromatic heterocycles. The van der Waals surface area contributed by atoms with Crippen LogP contribution in [-0.2, 0) is 0 Å². The monoisotopic (exact) mass is 258 g/mol. The highest BCUT2D eigenvalue weighted by Gasteiger charge is 2.18. The molecule has 2 N–H and O–H groups in total. The second kappa shape index (κ2) is 6.03. The summed E-state index contributed by atoms with van der Waals surface area (Å²) in [5.41, 5.74) is 8.65. The molecule has 0 amide bonds. The summed E-state index contributed by atoms with van der Waals surface area (Å²) >= 11 is 1.82. The summed E-state index contributed by atoms with van der Waals surface area (Å²) in [5.74, 6) is 0. The van der Waals surface area contributed by atoms with Crippen LogP contribution >= 0.6 is 11.8 Å². The zero-order valence-electron chi connectivity index (χ0n) is 10.7. The number of hydrogen-bond donors (Lipinski definition) is 1. The number of aryl methyl sites for hydroxylation is 1. The van der Waals surface area contributed by atoms with Gasteiger partial charge in [0.1, 0.15) is 0 Å². The van der Waals surface area contributed by atoms with Crippen LogP contribution < -0.4 is 5.73 Å². The average Bonchev–Trinajstić information content (AvgIpc) is 2.38. The first-order valence-corrected chi connectivity index (χ1v) is 6.94. The number of pyridine rings is 1. The van der Waals surface area contributed by atoms with Gasteiger partial charge in [0.2, 0.25) is 0 Å². The van der Waals surface area contributed by atoms with Gasteiger partial charge in [-0.15, -0.1) is 11.8 Å². The molecule has 0 bridgehead atoms. The number of hydrogen-bond acceptors (Lipinski definition) is 3. The Balaban J connectivity index is 2.26. The molecular weight excluding hydrogens is 240 g/mol. The Morgan fingerprint density at radius 2 is 1.78 bits per heavy atom. The van der Waals surface area contributed by atoms with Crippen molar-refractivity contribution in [2.24, 2.45) is 5.73 Å². The Bertz CT molecular complexity index is 497. The minimum Gasteiger partial charge on any atom is -0.327 e. The SMILES string of the molecule is Cc1ccccc1SC(c1ccncc1)C(C)N. The van der Waals surface area contributed by atoms with Gasteiger partial charge in [-0.3, -0.25) is 4.98 Å². The summed E-state index contributed by atoms with van der Waals surface area (Å²) in [4.78, 5) is 5.35. The maximum atomic E-state index is 6.13. The van der Waals surface area contributed by atoms with E-state index in [1.165, 1.54) is 16.0 Å². The second-order valence-corrected chi connectivity index (χ2v) is 5.63. The summed E-state index contributed by atoms with van der Waals surface area (Å²) in [7, 11) is 0. The third-order valence-corrected chi connectivity index (χ3v) is 4.53. The standard InChI is InChI=1S/C15H18N2S/c1-11-5-3-4-6-14(11)18-15(12(2)16)13-7-9-17-10-8-13/h3-10,12,15H,16H2,1-2H3. The molecule has 2 nitrogen and oxygen atoms in total. The van der Waals surface area contributed by atoms with E-state index in [2.05, 4.69) is 43.1 Å². The molecule has 0 aliphatic rings. The molecule has 2 rings (SSSR count). The van der Waals surface area contributed by atoms with Crippen LogP contribution in [0.15, 0.2) is 53.7 Å². The maximum Gasteiger partial charge on any atom is 0.0494 e. The number of nitrogens with zero attached hydrogens (tertiary/aromatic N) is 1. The van der Waals surface area contributed by atoms with E-state index in [0.29, 0.717) is 0 Å². The van der Waals surface area contributed by atoms with Crippen molar-refractivity contribution in [3.8, 4) is 0 Å². The molecule has 2 aromatic rings. The summed E-state index contributed by atoms with van der Waals surface area (Å²) in [5, 5.41) is 0.258. The largest absolute Gasteiger partial charge is 0.327 e. The van der Waals surface area contributed by atoms with E-state index in [1.54, 1.807) is 0 Å². The fourth-order valence-corrected chi connectivity index (χ4v) is 3.05. The highest BCUT2D eigenvalue weighted by Crippen LogP contribution is 2.38. The molecule has 0 saturated heterocycles. The van der Waals surface area contributed by atoms with Crippen molar-refractivity contribution in [2.75, 3.05) is 0 Å². The zero-order valence-corrected chi connectivity index (χ0v) is 11.5. The Hall–Kier alpha value is -1.32. The van der Waals surface area contributed by atoms with Crippen LogP contribution in [0.3, 0.4) is 0 Å². The first-order valence-electron chi connectivity index (χ1n) is 6.06. The zero-order chi connectivity index (χ0) is 13.0. The van der Waals surface area contributed by atoms with Crippen LogP contribution in [0.2, 0.25) is 0 Å². The molecule has 1 heterocycles. The summed E-state index contributed by atoms with van der Waals surface area (Å²) < 4.78 is 0. The van der Waals surface area contributed by atoms with Crippen LogP contribution in [0.1, 0.15) is 23.3 Å². The Morgan fingerprint density at radius 3 is 2.39 bits per heavy atom. The first-order chi connectivity index (χ1) is 8.68. The molecule has 0 spiro atoms. The van der Waals surface area contributed by atoms with Crippen molar-refractivity contribution in [3.05, 3.63) is 59.9 Å². The van der Waals surface area contributed by atoms with Crippen LogP contribution in [0, 0.1) is 6.92 Å². The highest BCUT2D eigenvalue weighted by molar-refractivity contribution is 7.99. The molecule has 0 aliphatic heterocycles. The number of rotatable bonds is 4. The van der Waals surface area contributed by atoms with Crippen LogP contribution in [0.4, 0.5) is 0 Å². The van der Waals surface area contributed by atoms with E-state index in [0.717, 1.165) is 0 Å². The fraction of sp³-hybridized carbons (Fsp3) is 0.267. The van der Waals surface area contributed by atoms with Crippen LogP contribution in [0.25, 0.3) is 0 Å². The van der Waals surface area contributed by atoms with Gasteiger partial charge in [-0.1, -0.05) is 18.2 Å². The molecular formula is C15H18N2S. The van der Waals surface area contributed by atoms with E-state index in [1.807, 2.05) is 36.3 Å².